The topological polar surface area (TPSA) is 117 Å². The first-order valence-electron chi connectivity index (χ1n) is 12.1. The fraction of sp³-hybridized carbons (Fsp3) is 0.276. The predicted octanol–water partition coefficient (Wildman–Crippen LogP) is 3.34. The fourth-order valence-electron chi connectivity index (χ4n) is 4.32. The molecule has 200 valence electrons. The molecule has 0 aromatic heterocycles. The highest BCUT2D eigenvalue weighted by Gasteiger charge is 2.30. The van der Waals surface area contributed by atoms with Crippen LogP contribution in [0.15, 0.2) is 78.9 Å². The van der Waals surface area contributed by atoms with Crippen molar-refractivity contribution in [2.75, 3.05) is 40.4 Å². The molecule has 2 N–H and O–H groups in total. The highest BCUT2D eigenvalue weighted by Crippen LogP contribution is 2.29. The Hall–Kier alpha value is -4.37. The predicted molar refractivity (Wildman–Crippen MR) is 141 cm³/mol. The van der Waals surface area contributed by atoms with Crippen LogP contribution in [-0.4, -0.2) is 78.3 Å². The Balaban J connectivity index is 0.000000599. The van der Waals surface area contributed by atoms with Gasteiger partial charge in [-0.25, -0.2) is 9.59 Å². The van der Waals surface area contributed by atoms with Gasteiger partial charge >= 0.3 is 11.9 Å². The molecule has 1 amide bonds. The number of carboxylic acid groups (broad SMARTS) is 2. The number of carbonyl (C=O) groups excluding carboxylic acids is 1. The summed E-state index contributed by atoms with van der Waals surface area (Å²) in [5.41, 5.74) is 3.16. The lowest BCUT2D eigenvalue weighted by molar-refractivity contribution is -0.159. The first-order chi connectivity index (χ1) is 18.3. The SMILES string of the molecule is COc1ccc(OC)c(CN2CCN(C(=O)C(c3ccccc3)c3ccccc3)CC2)c1.O=C(O)C(=O)O. The molecule has 1 aliphatic rings. The molecule has 38 heavy (non-hydrogen) atoms. The van der Waals surface area contributed by atoms with Crippen LogP contribution in [0, 0.1) is 0 Å². The Kier molecular flexibility index (Phi) is 10.2. The molecule has 3 aromatic carbocycles. The van der Waals surface area contributed by atoms with Gasteiger partial charge in [0.2, 0.25) is 5.91 Å². The minimum atomic E-state index is -1.82. The van der Waals surface area contributed by atoms with Gasteiger partial charge in [-0.3, -0.25) is 9.69 Å². The maximum absolute atomic E-state index is 13.6. The van der Waals surface area contributed by atoms with Crippen LogP contribution < -0.4 is 9.47 Å². The monoisotopic (exact) mass is 520 g/mol. The molecular formula is C29H32N2O7. The van der Waals surface area contributed by atoms with E-state index >= 15 is 0 Å². The van der Waals surface area contributed by atoms with Gasteiger partial charge < -0.3 is 24.6 Å². The summed E-state index contributed by atoms with van der Waals surface area (Å²) in [6, 6.07) is 26.0. The largest absolute Gasteiger partial charge is 0.497 e. The molecule has 0 saturated carbocycles. The number of nitrogens with zero attached hydrogens (tertiary/aromatic N) is 2. The Morgan fingerprint density at radius 2 is 1.29 bits per heavy atom. The van der Waals surface area contributed by atoms with Gasteiger partial charge in [0.25, 0.3) is 0 Å². The van der Waals surface area contributed by atoms with E-state index in [1.165, 1.54) is 0 Å². The van der Waals surface area contributed by atoms with Gasteiger partial charge in [0.15, 0.2) is 0 Å². The molecular weight excluding hydrogens is 488 g/mol. The summed E-state index contributed by atoms with van der Waals surface area (Å²) in [7, 11) is 3.36. The second-order valence-corrected chi connectivity index (χ2v) is 8.64. The van der Waals surface area contributed by atoms with E-state index in [9.17, 15) is 4.79 Å². The van der Waals surface area contributed by atoms with Crippen LogP contribution in [-0.2, 0) is 20.9 Å². The van der Waals surface area contributed by atoms with Crippen molar-refractivity contribution >= 4 is 17.8 Å². The van der Waals surface area contributed by atoms with Crippen LogP contribution in [0.1, 0.15) is 22.6 Å². The van der Waals surface area contributed by atoms with Gasteiger partial charge in [-0.2, -0.15) is 0 Å². The Labute approximate surface area is 221 Å². The molecule has 1 fully saturated rings. The Bertz CT molecular complexity index is 1160. The molecule has 1 heterocycles. The lowest BCUT2D eigenvalue weighted by atomic mass is 9.90. The highest BCUT2D eigenvalue weighted by molar-refractivity contribution is 6.27. The van der Waals surface area contributed by atoms with E-state index in [2.05, 4.69) is 4.90 Å². The second kappa shape index (κ2) is 13.8. The lowest BCUT2D eigenvalue weighted by Crippen LogP contribution is -2.49. The van der Waals surface area contributed by atoms with Gasteiger partial charge in [-0.05, 0) is 29.3 Å². The third kappa shape index (κ3) is 7.57. The molecule has 1 saturated heterocycles. The van der Waals surface area contributed by atoms with Crippen LogP contribution in [0.2, 0.25) is 0 Å². The summed E-state index contributed by atoms with van der Waals surface area (Å²) in [6.45, 7) is 3.83. The summed E-state index contributed by atoms with van der Waals surface area (Å²) in [5.74, 6) is -2.07. The number of carbonyl (C=O) groups is 3. The first kappa shape index (κ1) is 28.2. The molecule has 4 rings (SSSR count). The minimum Gasteiger partial charge on any atom is -0.497 e. The number of piperazine rings is 1. The average Bonchev–Trinajstić information content (AvgIpc) is 2.95. The molecule has 0 radical (unpaired) electrons. The van der Waals surface area contributed by atoms with E-state index in [0.29, 0.717) is 13.1 Å². The zero-order valence-electron chi connectivity index (χ0n) is 21.4. The van der Waals surface area contributed by atoms with Gasteiger partial charge in [0, 0.05) is 38.3 Å². The first-order valence-corrected chi connectivity index (χ1v) is 12.1. The number of aliphatic carboxylic acids is 2. The number of carboxylic acids is 2. The van der Waals surface area contributed by atoms with Crippen molar-refractivity contribution in [2.24, 2.45) is 0 Å². The quantitative estimate of drug-likeness (QED) is 0.456. The Morgan fingerprint density at radius 1 is 0.763 bits per heavy atom. The van der Waals surface area contributed by atoms with Gasteiger partial charge in [0.05, 0.1) is 20.1 Å². The summed E-state index contributed by atoms with van der Waals surface area (Å²) in [6.07, 6.45) is 0. The zero-order chi connectivity index (χ0) is 27.5. The van der Waals surface area contributed by atoms with Crippen molar-refractivity contribution in [3.63, 3.8) is 0 Å². The van der Waals surface area contributed by atoms with Crippen LogP contribution in [0.25, 0.3) is 0 Å². The molecule has 0 aliphatic carbocycles. The summed E-state index contributed by atoms with van der Waals surface area (Å²) >= 11 is 0. The van der Waals surface area contributed by atoms with Crippen LogP contribution in [0.4, 0.5) is 0 Å². The van der Waals surface area contributed by atoms with Crippen molar-refractivity contribution in [3.8, 4) is 11.5 Å². The number of hydrogen-bond acceptors (Lipinski definition) is 6. The standard InChI is InChI=1S/C27H30N2O3.C2H2O4/c1-31-24-13-14-25(32-2)23(19-24)20-28-15-17-29(18-16-28)27(30)26(21-9-5-3-6-10-21)22-11-7-4-8-12-22;3-1(4)2(5)6/h3-14,19,26H,15-18,20H2,1-2H3;(H,3,4)(H,5,6). The van der Waals surface area contributed by atoms with Crippen molar-refractivity contribution in [2.45, 2.75) is 12.5 Å². The number of methoxy groups -OCH3 is 2. The summed E-state index contributed by atoms with van der Waals surface area (Å²) < 4.78 is 10.9. The third-order valence-electron chi connectivity index (χ3n) is 6.26. The van der Waals surface area contributed by atoms with E-state index < -0.39 is 11.9 Å². The molecule has 0 spiro atoms. The number of benzene rings is 3. The minimum absolute atomic E-state index is 0.168. The number of amides is 1. The molecule has 3 aromatic rings. The van der Waals surface area contributed by atoms with Crippen LogP contribution in [0.3, 0.4) is 0 Å². The average molecular weight is 521 g/mol. The second-order valence-electron chi connectivity index (χ2n) is 8.64. The van der Waals surface area contributed by atoms with E-state index in [0.717, 1.165) is 47.8 Å². The maximum atomic E-state index is 13.6. The number of ether oxygens (including phenoxy) is 2. The molecule has 0 atom stereocenters. The normalized spacial score (nSPS) is 13.3. The third-order valence-corrected chi connectivity index (χ3v) is 6.26. The molecule has 9 heteroatoms. The highest BCUT2D eigenvalue weighted by atomic mass is 16.5. The molecule has 0 bridgehead atoms. The van der Waals surface area contributed by atoms with Crippen LogP contribution in [0.5, 0.6) is 11.5 Å². The van der Waals surface area contributed by atoms with E-state index in [-0.39, 0.29) is 11.8 Å². The van der Waals surface area contributed by atoms with Crippen molar-refractivity contribution in [3.05, 3.63) is 95.6 Å². The van der Waals surface area contributed by atoms with E-state index in [1.54, 1.807) is 14.2 Å². The fourth-order valence-corrected chi connectivity index (χ4v) is 4.32. The lowest BCUT2D eigenvalue weighted by Gasteiger charge is -2.37. The molecule has 0 unspecified atom stereocenters. The van der Waals surface area contributed by atoms with Crippen molar-refractivity contribution in [1.29, 1.82) is 0 Å². The van der Waals surface area contributed by atoms with Gasteiger partial charge in [0.1, 0.15) is 11.5 Å². The number of hydrogen-bond donors (Lipinski definition) is 2. The van der Waals surface area contributed by atoms with E-state index in [4.69, 9.17) is 29.3 Å². The summed E-state index contributed by atoms with van der Waals surface area (Å²) in [5, 5.41) is 14.8. The van der Waals surface area contributed by atoms with Gasteiger partial charge in [-0.1, -0.05) is 60.7 Å². The number of rotatable bonds is 7. The Morgan fingerprint density at radius 3 is 1.74 bits per heavy atom. The smallest absolute Gasteiger partial charge is 0.414 e. The molecule has 1 aliphatic heterocycles. The van der Waals surface area contributed by atoms with Crippen molar-refractivity contribution < 1.29 is 34.1 Å². The summed E-state index contributed by atoms with van der Waals surface area (Å²) in [4.78, 5) is 36.2. The maximum Gasteiger partial charge on any atom is 0.414 e. The van der Waals surface area contributed by atoms with Gasteiger partial charge in [-0.15, -0.1) is 0 Å². The zero-order valence-corrected chi connectivity index (χ0v) is 21.4. The van der Waals surface area contributed by atoms with Crippen LogP contribution >= 0.6 is 0 Å². The van der Waals surface area contributed by atoms with E-state index in [1.807, 2.05) is 83.8 Å². The molecule has 9 nitrogen and oxygen atoms in total. The van der Waals surface area contributed by atoms with Crippen molar-refractivity contribution in [1.82, 2.24) is 9.80 Å².